The van der Waals surface area contributed by atoms with Gasteiger partial charge in [-0.3, -0.25) is 14.5 Å². The van der Waals surface area contributed by atoms with E-state index in [1.807, 2.05) is 43.5 Å². The van der Waals surface area contributed by atoms with Gasteiger partial charge in [0.15, 0.2) is 5.78 Å². The van der Waals surface area contributed by atoms with Gasteiger partial charge in [0.05, 0.1) is 6.54 Å². The monoisotopic (exact) mass is 396 g/mol. The Labute approximate surface area is 168 Å². The number of carbonyl (C=O) groups excluding carboxylic acids is 3. The smallest absolute Gasteiger partial charge is 0.319 e. The van der Waals surface area contributed by atoms with E-state index in [1.54, 1.807) is 11.3 Å². The highest BCUT2D eigenvalue weighted by Gasteiger charge is 2.54. The summed E-state index contributed by atoms with van der Waals surface area (Å²) in [5.74, 6) is -0.482. The zero-order valence-corrected chi connectivity index (χ0v) is 17.0. The van der Waals surface area contributed by atoms with E-state index in [0.29, 0.717) is 12.0 Å². The van der Waals surface area contributed by atoms with E-state index in [0.717, 1.165) is 52.2 Å². The Balaban J connectivity index is 1.63. The number of fused-ring (bicyclic) bond motifs is 2. The number of ketones is 1. The molecular formula is C22H24N2O3S. The van der Waals surface area contributed by atoms with Gasteiger partial charge in [-0.1, -0.05) is 26.0 Å². The molecule has 1 aliphatic heterocycles. The molecule has 2 aromatic rings. The summed E-state index contributed by atoms with van der Waals surface area (Å²) in [6.45, 7) is 3.82. The third-order valence-corrected chi connectivity index (χ3v) is 6.88. The van der Waals surface area contributed by atoms with E-state index in [-0.39, 0.29) is 18.2 Å². The number of nitrogens with one attached hydrogen (secondary N) is 1. The van der Waals surface area contributed by atoms with Crippen molar-refractivity contribution in [3.8, 4) is 0 Å². The molecule has 4 rings (SSSR count). The maximum Gasteiger partial charge on any atom is 0.325 e. The van der Waals surface area contributed by atoms with Gasteiger partial charge in [-0.05, 0) is 60.7 Å². The molecule has 0 saturated carbocycles. The fourth-order valence-corrected chi connectivity index (χ4v) is 5.32. The van der Waals surface area contributed by atoms with Crippen LogP contribution in [0.15, 0.2) is 29.6 Å². The number of imide groups is 1. The third-order valence-electron chi connectivity index (χ3n) is 5.90. The fraction of sp³-hybridized carbons (Fsp3) is 0.409. The lowest BCUT2D eigenvalue weighted by Gasteiger charge is -2.31. The molecule has 146 valence electrons. The van der Waals surface area contributed by atoms with Crippen molar-refractivity contribution in [3.05, 3.63) is 56.8 Å². The zero-order chi connectivity index (χ0) is 19.9. The largest absolute Gasteiger partial charge is 0.325 e. The van der Waals surface area contributed by atoms with Crippen LogP contribution in [0.2, 0.25) is 0 Å². The lowest BCUT2D eigenvalue weighted by Crippen LogP contribution is -2.46. The number of urea groups is 1. The normalized spacial score (nSPS) is 21.1. The number of aryl methyl sites for hydroxylation is 3. The first-order valence-corrected chi connectivity index (χ1v) is 10.7. The van der Waals surface area contributed by atoms with Gasteiger partial charge in [-0.25, -0.2) is 4.79 Å². The molecule has 2 heterocycles. The van der Waals surface area contributed by atoms with Gasteiger partial charge in [0.25, 0.3) is 5.91 Å². The summed E-state index contributed by atoms with van der Waals surface area (Å²) in [5.41, 5.74) is 2.54. The molecule has 0 unspecified atom stereocenters. The summed E-state index contributed by atoms with van der Waals surface area (Å²) in [5, 5.41) is 4.88. The molecule has 5 nitrogen and oxygen atoms in total. The van der Waals surface area contributed by atoms with Crippen molar-refractivity contribution < 1.29 is 14.4 Å². The van der Waals surface area contributed by atoms with Gasteiger partial charge in [-0.15, -0.1) is 11.3 Å². The second kappa shape index (κ2) is 7.17. The topological polar surface area (TPSA) is 66.5 Å². The molecule has 3 amide bonds. The third kappa shape index (κ3) is 2.87. The summed E-state index contributed by atoms with van der Waals surface area (Å²) in [6, 6.07) is 7.36. The Morgan fingerprint density at radius 1 is 1.21 bits per heavy atom. The highest BCUT2D eigenvalue weighted by atomic mass is 32.1. The lowest BCUT2D eigenvalue weighted by molar-refractivity contribution is -0.131. The van der Waals surface area contributed by atoms with Gasteiger partial charge in [0, 0.05) is 16.0 Å². The summed E-state index contributed by atoms with van der Waals surface area (Å²) >= 11 is 1.62. The van der Waals surface area contributed by atoms with E-state index in [4.69, 9.17) is 0 Å². The van der Waals surface area contributed by atoms with E-state index >= 15 is 0 Å². The Hall–Kier alpha value is -2.47. The molecule has 1 N–H and O–H groups in total. The van der Waals surface area contributed by atoms with Crippen LogP contribution in [-0.2, 0) is 29.6 Å². The molecule has 6 heteroatoms. The first-order valence-electron chi connectivity index (χ1n) is 9.86. The minimum Gasteiger partial charge on any atom is -0.319 e. The first-order chi connectivity index (χ1) is 13.5. The number of Topliss-reactive ketones (excluding diaryl/α,β-unsaturated/α-hetero) is 1. The van der Waals surface area contributed by atoms with Gasteiger partial charge >= 0.3 is 6.03 Å². The van der Waals surface area contributed by atoms with E-state index in [2.05, 4.69) is 5.32 Å². The van der Waals surface area contributed by atoms with Crippen LogP contribution in [0.25, 0.3) is 0 Å². The van der Waals surface area contributed by atoms with Crippen molar-refractivity contribution in [2.24, 2.45) is 0 Å². The summed E-state index contributed by atoms with van der Waals surface area (Å²) in [7, 11) is 0. The number of benzene rings is 1. The van der Waals surface area contributed by atoms with Crippen molar-refractivity contribution in [2.45, 2.75) is 51.5 Å². The molecule has 1 aliphatic carbocycles. The van der Waals surface area contributed by atoms with Crippen molar-refractivity contribution >= 4 is 29.1 Å². The Bertz CT molecular complexity index is 964. The minimum absolute atomic E-state index is 0.186. The Morgan fingerprint density at radius 2 is 2.04 bits per heavy atom. The predicted molar refractivity (Wildman–Crippen MR) is 109 cm³/mol. The number of hydrogen-bond donors (Lipinski definition) is 1. The molecule has 0 radical (unpaired) electrons. The van der Waals surface area contributed by atoms with Gasteiger partial charge in [-0.2, -0.15) is 0 Å². The van der Waals surface area contributed by atoms with Crippen molar-refractivity contribution in [1.29, 1.82) is 0 Å². The number of nitrogens with zero attached hydrogens (tertiary/aromatic N) is 1. The summed E-state index contributed by atoms with van der Waals surface area (Å²) in [4.78, 5) is 41.3. The van der Waals surface area contributed by atoms with Gasteiger partial charge < -0.3 is 5.32 Å². The summed E-state index contributed by atoms with van der Waals surface area (Å²) < 4.78 is 0. The zero-order valence-electron chi connectivity index (χ0n) is 16.2. The van der Waals surface area contributed by atoms with Crippen LogP contribution in [0.3, 0.4) is 0 Å². The molecule has 2 aliphatic rings. The highest BCUT2D eigenvalue weighted by Crippen LogP contribution is 2.42. The van der Waals surface area contributed by atoms with Crippen molar-refractivity contribution in [2.75, 3.05) is 6.54 Å². The van der Waals surface area contributed by atoms with Gasteiger partial charge in [0.1, 0.15) is 5.54 Å². The predicted octanol–water partition coefficient (Wildman–Crippen LogP) is 3.84. The van der Waals surface area contributed by atoms with Crippen LogP contribution in [-0.4, -0.2) is 29.2 Å². The maximum atomic E-state index is 13.3. The average molecular weight is 397 g/mol. The van der Waals surface area contributed by atoms with E-state index in [1.165, 1.54) is 0 Å². The van der Waals surface area contributed by atoms with Crippen LogP contribution in [0.5, 0.6) is 0 Å². The number of hydrogen-bond acceptors (Lipinski definition) is 4. The fourth-order valence-electron chi connectivity index (χ4n) is 4.33. The molecule has 1 atom stereocenters. The summed E-state index contributed by atoms with van der Waals surface area (Å²) in [6.07, 6.45) is 3.92. The molecule has 1 aromatic heterocycles. The Kier molecular flexibility index (Phi) is 4.83. The number of rotatable bonds is 5. The second-order valence-corrected chi connectivity index (χ2v) is 8.46. The molecule has 1 fully saturated rings. The van der Waals surface area contributed by atoms with Crippen molar-refractivity contribution in [1.82, 2.24) is 10.2 Å². The lowest BCUT2D eigenvalue weighted by atomic mass is 9.80. The van der Waals surface area contributed by atoms with Crippen LogP contribution in [0.4, 0.5) is 4.79 Å². The maximum absolute atomic E-state index is 13.3. The van der Waals surface area contributed by atoms with Gasteiger partial charge in [0.2, 0.25) is 0 Å². The number of carbonyl (C=O) groups is 3. The van der Waals surface area contributed by atoms with E-state index < -0.39 is 11.6 Å². The first kappa shape index (κ1) is 18.9. The van der Waals surface area contributed by atoms with Crippen LogP contribution in [0.1, 0.15) is 58.6 Å². The second-order valence-electron chi connectivity index (χ2n) is 7.46. The minimum atomic E-state index is -0.996. The van der Waals surface area contributed by atoms with Crippen LogP contribution in [0, 0.1) is 0 Å². The van der Waals surface area contributed by atoms with Crippen molar-refractivity contribution in [3.63, 3.8) is 0 Å². The Morgan fingerprint density at radius 3 is 2.79 bits per heavy atom. The number of amides is 3. The van der Waals surface area contributed by atoms with Crippen LogP contribution < -0.4 is 5.32 Å². The SMILES string of the molecule is CCc1ccc(CC)c(C(=O)CN2C(=O)N[C@]3(CCCc4sccc43)C2=O)c1. The molecule has 0 bridgehead atoms. The molecule has 1 spiro atoms. The quantitative estimate of drug-likeness (QED) is 0.617. The molecular weight excluding hydrogens is 372 g/mol. The average Bonchev–Trinajstić information content (AvgIpc) is 3.28. The van der Waals surface area contributed by atoms with E-state index in [9.17, 15) is 14.4 Å². The molecule has 28 heavy (non-hydrogen) atoms. The molecule has 1 saturated heterocycles. The molecule has 1 aromatic carbocycles. The highest BCUT2D eigenvalue weighted by molar-refractivity contribution is 7.10. The number of thiophene rings is 1. The standard InChI is InChI=1S/C22H24N2O3S/c1-3-14-7-8-15(4-2)16(12-14)18(25)13-24-20(26)22(23-21(24)27)10-5-6-19-17(22)9-11-28-19/h7-9,11-12H,3-6,10,13H2,1-2H3,(H,23,27)/t22-/m0/s1. The van der Waals surface area contributed by atoms with Crippen LogP contribution >= 0.6 is 11.3 Å².